The number of carbonyl (C=O) groups is 2. The molecule has 1 aliphatic carbocycles. The van der Waals surface area contributed by atoms with Crippen LogP contribution in [0.15, 0.2) is 53.6 Å². The summed E-state index contributed by atoms with van der Waals surface area (Å²) in [6.45, 7) is 1.97. The van der Waals surface area contributed by atoms with Gasteiger partial charge in [0.1, 0.15) is 12.4 Å². The molecule has 2 aromatic carbocycles. The zero-order chi connectivity index (χ0) is 22.0. The Hall–Kier alpha value is -3.02. The molecule has 1 heterocycles. The summed E-state index contributed by atoms with van der Waals surface area (Å²) >= 11 is 0. The van der Waals surface area contributed by atoms with Crippen LogP contribution in [0, 0.1) is 18.7 Å². The molecule has 0 saturated heterocycles. The van der Waals surface area contributed by atoms with E-state index in [1.807, 2.05) is 31.2 Å². The van der Waals surface area contributed by atoms with Crippen LogP contribution in [-0.2, 0) is 9.59 Å². The van der Waals surface area contributed by atoms with E-state index in [0.29, 0.717) is 17.7 Å². The minimum absolute atomic E-state index is 0.0155. The number of hydrogen-bond acceptors (Lipinski definition) is 3. The molecular weight excluding hydrogens is 393 g/mol. The van der Waals surface area contributed by atoms with Crippen LogP contribution in [0.1, 0.15) is 54.8 Å². The second-order valence-electron chi connectivity index (χ2n) is 8.57. The highest BCUT2D eigenvalue weighted by Crippen LogP contribution is 2.34. The zero-order valence-corrected chi connectivity index (χ0v) is 18.1. The van der Waals surface area contributed by atoms with E-state index in [2.05, 4.69) is 5.10 Å². The van der Waals surface area contributed by atoms with Crippen LogP contribution in [-0.4, -0.2) is 41.0 Å². The SMILES string of the molecule is Cc1ccc([C@H]2CC(c3ccccc3F)=NN2C(=O)CN(C)C(=O)C2CCCC2)cc1. The highest BCUT2D eigenvalue weighted by molar-refractivity contribution is 6.03. The average molecular weight is 422 g/mol. The minimum Gasteiger partial charge on any atom is -0.336 e. The Morgan fingerprint density at radius 1 is 1.10 bits per heavy atom. The Morgan fingerprint density at radius 2 is 1.77 bits per heavy atom. The summed E-state index contributed by atoms with van der Waals surface area (Å²) in [5, 5.41) is 5.97. The van der Waals surface area contributed by atoms with Gasteiger partial charge in [-0.25, -0.2) is 9.40 Å². The van der Waals surface area contributed by atoms with Crippen molar-refractivity contribution in [1.29, 1.82) is 0 Å². The van der Waals surface area contributed by atoms with E-state index in [-0.39, 0.29) is 36.1 Å². The number of aryl methyl sites for hydroxylation is 1. The molecule has 1 aliphatic heterocycles. The number of amides is 2. The summed E-state index contributed by atoms with van der Waals surface area (Å²) in [5.74, 6) is -0.575. The van der Waals surface area contributed by atoms with Crippen molar-refractivity contribution < 1.29 is 14.0 Å². The number of hydrazone groups is 1. The Balaban J connectivity index is 1.58. The third-order valence-corrected chi connectivity index (χ3v) is 6.27. The molecule has 2 aromatic rings. The van der Waals surface area contributed by atoms with E-state index in [0.717, 1.165) is 36.8 Å². The lowest BCUT2D eigenvalue weighted by molar-refractivity contribution is -0.142. The minimum atomic E-state index is -0.355. The predicted octanol–water partition coefficient (Wildman–Crippen LogP) is 4.46. The molecule has 2 amide bonds. The molecule has 1 saturated carbocycles. The van der Waals surface area contributed by atoms with Crippen molar-refractivity contribution in [2.45, 2.75) is 45.1 Å². The molecule has 1 fully saturated rings. The molecule has 5 nitrogen and oxygen atoms in total. The van der Waals surface area contributed by atoms with Crippen LogP contribution in [0.2, 0.25) is 0 Å². The summed E-state index contributed by atoms with van der Waals surface area (Å²) in [6.07, 6.45) is 4.34. The first-order valence-electron chi connectivity index (χ1n) is 10.9. The van der Waals surface area contributed by atoms with E-state index >= 15 is 0 Å². The van der Waals surface area contributed by atoms with Crippen molar-refractivity contribution in [3.05, 3.63) is 71.0 Å². The maximum atomic E-state index is 14.4. The van der Waals surface area contributed by atoms with Crippen molar-refractivity contribution in [2.75, 3.05) is 13.6 Å². The van der Waals surface area contributed by atoms with Gasteiger partial charge in [0.15, 0.2) is 0 Å². The smallest absolute Gasteiger partial charge is 0.262 e. The van der Waals surface area contributed by atoms with Gasteiger partial charge in [-0.15, -0.1) is 0 Å². The average Bonchev–Trinajstić information content (AvgIpc) is 3.44. The number of hydrogen-bond donors (Lipinski definition) is 0. The molecule has 31 heavy (non-hydrogen) atoms. The Morgan fingerprint density at radius 3 is 2.45 bits per heavy atom. The largest absolute Gasteiger partial charge is 0.336 e. The van der Waals surface area contributed by atoms with Gasteiger partial charge < -0.3 is 4.90 Å². The van der Waals surface area contributed by atoms with E-state index < -0.39 is 0 Å². The zero-order valence-electron chi connectivity index (χ0n) is 18.1. The third kappa shape index (κ3) is 4.53. The van der Waals surface area contributed by atoms with Gasteiger partial charge in [-0.3, -0.25) is 9.59 Å². The van der Waals surface area contributed by atoms with Crippen LogP contribution in [0.25, 0.3) is 0 Å². The molecular formula is C25H28FN3O2. The predicted molar refractivity (Wildman–Crippen MR) is 118 cm³/mol. The van der Waals surface area contributed by atoms with Gasteiger partial charge in [0.05, 0.1) is 11.8 Å². The van der Waals surface area contributed by atoms with Gasteiger partial charge in [0.25, 0.3) is 5.91 Å². The van der Waals surface area contributed by atoms with Gasteiger partial charge in [-0.05, 0) is 31.4 Å². The van der Waals surface area contributed by atoms with Crippen molar-refractivity contribution in [3.63, 3.8) is 0 Å². The molecule has 0 spiro atoms. The fraction of sp³-hybridized carbons (Fsp3) is 0.400. The van der Waals surface area contributed by atoms with Crippen molar-refractivity contribution in [3.8, 4) is 0 Å². The molecule has 0 bridgehead atoms. The van der Waals surface area contributed by atoms with Crippen LogP contribution < -0.4 is 0 Å². The summed E-state index contributed by atoms with van der Waals surface area (Å²) in [4.78, 5) is 27.4. The number of rotatable bonds is 5. The molecule has 0 aromatic heterocycles. The van der Waals surface area contributed by atoms with E-state index in [9.17, 15) is 14.0 Å². The Bertz CT molecular complexity index is 996. The molecule has 6 heteroatoms. The molecule has 162 valence electrons. The maximum Gasteiger partial charge on any atom is 0.262 e. The molecule has 0 radical (unpaired) electrons. The maximum absolute atomic E-state index is 14.4. The van der Waals surface area contributed by atoms with E-state index in [1.54, 1.807) is 25.2 Å². The normalized spacial score (nSPS) is 18.9. The van der Waals surface area contributed by atoms with Gasteiger partial charge in [-0.1, -0.05) is 60.9 Å². The monoisotopic (exact) mass is 421 g/mol. The first kappa shape index (κ1) is 21.2. The van der Waals surface area contributed by atoms with Crippen molar-refractivity contribution >= 4 is 17.5 Å². The third-order valence-electron chi connectivity index (χ3n) is 6.27. The molecule has 2 aliphatic rings. The summed E-state index contributed by atoms with van der Waals surface area (Å²) < 4.78 is 14.4. The van der Waals surface area contributed by atoms with Crippen LogP contribution in [0.3, 0.4) is 0 Å². The highest BCUT2D eigenvalue weighted by atomic mass is 19.1. The fourth-order valence-electron chi connectivity index (χ4n) is 4.48. The summed E-state index contributed by atoms with van der Waals surface area (Å²) in [6, 6.07) is 14.1. The Kier molecular flexibility index (Phi) is 6.16. The lowest BCUT2D eigenvalue weighted by atomic mass is 9.97. The first-order valence-corrected chi connectivity index (χ1v) is 10.9. The lowest BCUT2D eigenvalue weighted by Crippen LogP contribution is -2.41. The first-order chi connectivity index (χ1) is 14.9. The molecule has 1 atom stereocenters. The standard InChI is InChI=1S/C25H28FN3O2/c1-17-11-13-18(14-12-17)23-15-22(20-9-5-6-10-21(20)26)27-29(23)24(30)16-28(2)25(31)19-7-3-4-8-19/h5-6,9-14,19,23H,3-4,7-8,15-16H2,1-2H3/t23-/m1/s1. The van der Waals surface area contributed by atoms with Crippen LogP contribution in [0.5, 0.6) is 0 Å². The summed E-state index contributed by atoms with van der Waals surface area (Å²) in [7, 11) is 1.68. The topological polar surface area (TPSA) is 53.0 Å². The van der Waals surface area contributed by atoms with Gasteiger partial charge in [-0.2, -0.15) is 5.10 Å². The van der Waals surface area contributed by atoms with Crippen molar-refractivity contribution in [2.24, 2.45) is 11.0 Å². The van der Waals surface area contributed by atoms with Gasteiger partial charge in [0.2, 0.25) is 5.91 Å². The fourth-order valence-corrected chi connectivity index (χ4v) is 4.48. The van der Waals surface area contributed by atoms with Crippen LogP contribution >= 0.6 is 0 Å². The van der Waals surface area contributed by atoms with E-state index in [1.165, 1.54) is 16.0 Å². The number of carbonyl (C=O) groups excluding carboxylic acids is 2. The second-order valence-corrected chi connectivity index (χ2v) is 8.57. The second kappa shape index (κ2) is 9.00. The van der Waals surface area contributed by atoms with Gasteiger partial charge in [0, 0.05) is 24.9 Å². The summed E-state index contributed by atoms with van der Waals surface area (Å²) in [5.41, 5.74) is 3.02. The van der Waals surface area contributed by atoms with E-state index in [4.69, 9.17) is 0 Å². The molecule has 0 unspecified atom stereocenters. The Labute approximate surface area is 182 Å². The number of likely N-dealkylation sites (N-methyl/N-ethyl adjacent to an activating group) is 1. The number of nitrogens with zero attached hydrogens (tertiary/aromatic N) is 3. The molecule has 4 rings (SSSR count). The van der Waals surface area contributed by atoms with Crippen LogP contribution in [0.4, 0.5) is 4.39 Å². The highest BCUT2D eigenvalue weighted by Gasteiger charge is 2.35. The molecule has 0 N–H and O–H groups in total. The van der Waals surface area contributed by atoms with Gasteiger partial charge >= 0.3 is 0 Å². The number of benzene rings is 2. The van der Waals surface area contributed by atoms with Crippen molar-refractivity contribution in [1.82, 2.24) is 9.91 Å². The number of halogens is 1. The lowest BCUT2D eigenvalue weighted by Gasteiger charge is -2.26. The quantitative estimate of drug-likeness (QED) is 0.716.